The Morgan fingerprint density at radius 2 is 1.41 bits per heavy atom. The van der Waals surface area contributed by atoms with E-state index in [9.17, 15) is 29.1 Å². The number of piperazine rings is 1. The molecule has 11 heteroatoms. The Morgan fingerprint density at radius 1 is 0.722 bits per heavy atom. The molecule has 0 bridgehead atoms. The van der Waals surface area contributed by atoms with Crippen molar-refractivity contribution in [1.82, 2.24) is 20.0 Å². The number of phenols is 1. The number of hydrogen-bond acceptors (Lipinski definition) is 8. The summed E-state index contributed by atoms with van der Waals surface area (Å²) < 4.78 is 0. The smallest absolute Gasteiger partial charge is 0.262 e. The van der Waals surface area contributed by atoms with E-state index in [-0.39, 0.29) is 42.3 Å². The molecule has 5 amide bonds. The molecule has 5 aliphatic rings. The largest absolute Gasteiger partial charge is 0.508 e. The van der Waals surface area contributed by atoms with Gasteiger partial charge < -0.3 is 14.9 Å². The molecule has 11 nitrogen and oxygen atoms in total. The molecule has 2 saturated heterocycles. The number of carbonyl (C=O) groups excluding carboxylic acids is 5. The Labute approximate surface area is 313 Å². The van der Waals surface area contributed by atoms with E-state index in [0.29, 0.717) is 37.8 Å². The van der Waals surface area contributed by atoms with E-state index in [1.54, 1.807) is 18.2 Å². The number of carbonyl (C=O) groups is 5. The predicted molar refractivity (Wildman–Crippen MR) is 200 cm³/mol. The summed E-state index contributed by atoms with van der Waals surface area (Å²) in [5.41, 5.74) is 8.52. The summed E-state index contributed by atoms with van der Waals surface area (Å²) in [4.78, 5) is 71.4. The maximum Gasteiger partial charge on any atom is 0.262 e. The van der Waals surface area contributed by atoms with Gasteiger partial charge in [0.2, 0.25) is 17.7 Å². The second kappa shape index (κ2) is 13.6. The SMILES string of the molecule is O=C1CCC(N2C(=O)c3cc4c(cc3C2=O)CN(CC(=O)N2CCN(c3ccc([C@@H]5c6ccc(O)cc6CC[C@@H]5c5ccccc5)cc3)CC2)C4)C(=O)N1. The number of nitrogens with zero attached hydrogens (tertiary/aromatic N) is 4. The first kappa shape index (κ1) is 34.0. The van der Waals surface area contributed by atoms with E-state index in [0.717, 1.165) is 47.6 Å². The zero-order valence-electron chi connectivity index (χ0n) is 29.9. The van der Waals surface area contributed by atoms with Gasteiger partial charge in [-0.25, -0.2) is 0 Å². The fourth-order valence-electron chi connectivity index (χ4n) is 9.23. The standard InChI is InChI=1S/C43H41N5O6/c49-32-11-13-34-28(20-32)8-12-33(26-4-2-1-3-5-26)40(34)27-6-9-31(10-7-27)46-16-18-47(19-17-46)39(51)25-45-23-29-21-35-36(22-30(29)24-45)43(54)48(42(35)53)37-14-15-38(50)44-41(37)52/h1-7,9-11,13,20-22,33,37,40,49H,8,12,14-19,23-25H2,(H,44,50,52)/t33-,37?,40+/m1/s1. The number of anilines is 1. The third-order valence-corrected chi connectivity index (χ3v) is 12.0. The van der Waals surface area contributed by atoms with Gasteiger partial charge in [-0.3, -0.25) is 39.1 Å². The second-order valence-electron chi connectivity index (χ2n) is 15.1. The lowest BCUT2D eigenvalue weighted by atomic mass is 9.69. The highest BCUT2D eigenvalue weighted by Crippen LogP contribution is 2.47. The van der Waals surface area contributed by atoms with E-state index >= 15 is 0 Å². The number of aryl methyl sites for hydroxylation is 1. The molecule has 2 N–H and O–H groups in total. The minimum Gasteiger partial charge on any atom is -0.508 e. The number of rotatable bonds is 6. The number of aromatic hydroxyl groups is 1. The molecule has 1 unspecified atom stereocenters. The number of imide groups is 2. The van der Waals surface area contributed by atoms with Crippen LogP contribution in [0.2, 0.25) is 0 Å². The number of piperidine rings is 1. The van der Waals surface area contributed by atoms with Gasteiger partial charge in [0.15, 0.2) is 0 Å². The molecule has 2 fully saturated rings. The van der Waals surface area contributed by atoms with Gasteiger partial charge in [-0.1, -0.05) is 48.5 Å². The summed E-state index contributed by atoms with van der Waals surface area (Å²) >= 11 is 0. The van der Waals surface area contributed by atoms with E-state index in [4.69, 9.17) is 0 Å². The number of amides is 5. The van der Waals surface area contributed by atoms with Crippen molar-refractivity contribution in [3.8, 4) is 5.75 Å². The Bertz CT molecular complexity index is 2150. The molecule has 4 heterocycles. The minimum absolute atomic E-state index is 0.0514. The second-order valence-corrected chi connectivity index (χ2v) is 15.1. The van der Waals surface area contributed by atoms with Crippen molar-refractivity contribution in [2.75, 3.05) is 37.6 Å². The van der Waals surface area contributed by atoms with Crippen LogP contribution in [0.15, 0.2) is 84.9 Å². The van der Waals surface area contributed by atoms with E-state index in [2.05, 4.69) is 70.9 Å². The number of nitrogens with one attached hydrogen (secondary N) is 1. The molecular formula is C43H41N5O6. The Hall–Kier alpha value is -5.81. The van der Waals surface area contributed by atoms with Crippen molar-refractivity contribution in [3.05, 3.63) is 129 Å². The Balaban J connectivity index is 0.821. The first-order chi connectivity index (χ1) is 26.2. The third kappa shape index (κ3) is 6.02. The summed E-state index contributed by atoms with van der Waals surface area (Å²) in [6, 6.07) is 27.8. The van der Waals surface area contributed by atoms with Gasteiger partial charge in [-0.15, -0.1) is 0 Å². The molecule has 274 valence electrons. The first-order valence-electron chi connectivity index (χ1n) is 18.8. The zero-order chi connectivity index (χ0) is 37.1. The third-order valence-electron chi connectivity index (χ3n) is 12.0. The van der Waals surface area contributed by atoms with Crippen LogP contribution in [-0.2, 0) is 33.9 Å². The maximum atomic E-state index is 13.5. The van der Waals surface area contributed by atoms with Crippen molar-refractivity contribution in [2.24, 2.45) is 0 Å². The summed E-state index contributed by atoms with van der Waals surface area (Å²) in [6.07, 6.45) is 2.14. The Kier molecular flexibility index (Phi) is 8.53. The maximum absolute atomic E-state index is 13.5. The van der Waals surface area contributed by atoms with Crippen LogP contribution in [0.4, 0.5) is 5.69 Å². The summed E-state index contributed by atoms with van der Waals surface area (Å²) in [6.45, 7) is 3.89. The first-order valence-corrected chi connectivity index (χ1v) is 18.8. The fraction of sp³-hybridized carbons (Fsp3) is 0.326. The molecule has 4 aliphatic heterocycles. The molecule has 1 aliphatic carbocycles. The lowest BCUT2D eigenvalue weighted by molar-refractivity contribution is -0.136. The van der Waals surface area contributed by atoms with Crippen molar-refractivity contribution < 1.29 is 29.1 Å². The highest BCUT2D eigenvalue weighted by molar-refractivity contribution is 6.23. The predicted octanol–water partition coefficient (Wildman–Crippen LogP) is 4.32. The molecular weight excluding hydrogens is 683 g/mol. The monoisotopic (exact) mass is 723 g/mol. The van der Waals surface area contributed by atoms with Crippen LogP contribution in [0.3, 0.4) is 0 Å². The van der Waals surface area contributed by atoms with Gasteiger partial charge in [-0.2, -0.15) is 0 Å². The Morgan fingerprint density at radius 3 is 2.07 bits per heavy atom. The van der Waals surface area contributed by atoms with E-state index in [1.807, 2.05) is 15.9 Å². The van der Waals surface area contributed by atoms with Crippen LogP contribution in [0.5, 0.6) is 5.75 Å². The molecule has 4 aromatic carbocycles. The van der Waals surface area contributed by atoms with Crippen LogP contribution in [0.1, 0.15) is 85.2 Å². The summed E-state index contributed by atoms with van der Waals surface area (Å²) in [5.74, 6) is -1.19. The molecule has 0 spiro atoms. The molecule has 0 saturated carbocycles. The van der Waals surface area contributed by atoms with Crippen LogP contribution < -0.4 is 10.2 Å². The van der Waals surface area contributed by atoms with Gasteiger partial charge in [0.1, 0.15) is 11.8 Å². The van der Waals surface area contributed by atoms with Crippen LogP contribution in [-0.4, -0.2) is 88.1 Å². The average Bonchev–Trinajstić information content (AvgIpc) is 3.69. The number of fused-ring (bicyclic) bond motifs is 3. The number of benzene rings is 4. The molecule has 4 aromatic rings. The van der Waals surface area contributed by atoms with Gasteiger partial charge in [0.05, 0.1) is 17.7 Å². The van der Waals surface area contributed by atoms with Crippen molar-refractivity contribution in [2.45, 2.75) is 56.7 Å². The van der Waals surface area contributed by atoms with Gasteiger partial charge in [0.25, 0.3) is 11.8 Å². The van der Waals surface area contributed by atoms with Crippen LogP contribution in [0, 0.1) is 0 Å². The highest BCUT2D eigenvalue weighted by atomic mass is 16.3. The number of phenolic OH excluding ortho intramolecular Hbond substituents is 1. The average molecular weight is 724 g/mol. The lowest BCUT2D eigenvalue weighted by Gasteiger charge is -2.37. The van der Waals surface area contributed by atoms with Crippen molar-refractivity contribution in [1.29, 1.82) is 0 Å². The molecule has 54 heavy (non-hydrogen) atoms. The highest BCUT2D eigenvalue weighted by Gasteiger charge is 2.45. The van der Waals surface area contributed by atoms with Gasteiger partial charge in [0, 0.05) is 57.3 Å². The zero-order valence-corrected chi connectivity index (χ0v) is 29.9. The number of hydrogen-bond donors (Lipinski definition) is 2. The van der Waals surface area contributed by atoms with Crippen molar-refractivity contribution in [3.63, 3.8) is 0 Å². The van der Waals surface area contributed by atoms with E-state index < -0.39 is 29.7 Å². The summed E-state index contributed by atoms with van der Waals surface area (Å²) in [7, 11) is 0. The van der Waals surface area contributed by atoms with Crippen molar-refractivity contribution >= 4 is 35.2 Å². The quantitative estimate of drug-likeness (QED) is 0.282. The van der Waals surface area contributed by atoms with E-state index in [1.165, 1.54) is 22.3 Å². The lowest BCUT2D eigenvalue weighted by Crippen LogP contribution is -2.54. The van der Waals surface area contributed by atoms with Gasteiger partial charge >= 0.3 is 0 Å². The van der Waals surface area contributed by atoms with Gasteiger partial charge in [-0.05, 0) is 95.0 Å². The summed E-state index contributed by atoms with van der Waals surface area (Å²) in [5, 5.41) is 12.4. The molecule has 9 rings (SSSR count). The molecule has 0 aromatic heterocycles. The minimum atomic E-state index is -0.997. The molecule has 0 radical (unpaired) electrons. The normalized spacial score (nSPS) is 22.6. The van der Waals surface area contributed by atoms with Crippen LogP contribution in [0.25, 0.3) is 0 Å². The van der Waals surface area contributed by atoms with Crippen LogP contribution >= 0.6 is 0 Å². The molecule has 3 atom stereocenters. The fourth-order valence-corrected chi connectivity index (χ4v) is 9.23. The topological polar surface area (TPSA) is 131 Å².